The fourth-order valence-corrected chi connectivity index (χ4v) is 5.60. The molecule has 2 atom stereocenters. The van der Waals surface area contributed by atoms with Crippen molar-refractivity contribution in [2.45, 2.75) is 38.8 Å². The van der Waals surface area contributed by atoms with Crippen molar-refractivity contribution >= 4 is 17.3 Å². The van der Waals surface area contributed by atoms with Gasteiger partial charge in [0.1, 0.15) is 11.4 Å². The molecule has 1 unspecified atom stereocenters. The fourth-order valence-electron chi connectivity index (χ4n) is 4.05. The predicted molar refractivity (Wildman–Crippen MR) is 136 cm³/mol. The number of aromatic nitrogens is 1. The van der Waals surface area contributed by atoms with Crippen LogP contribution >= 0.6 is 0 Å². The summed E-state index contributed by atoms with van der Waals surface area (Å²) >= 11 is -1.18. The molecule has 0 saturated carbocycles. The topological polar surface area (TPSA) is 91.8 Å². The van der Waals surface area contributed by atoms with Crippen molar-refractivity contribution in [3.05, 3.63) is 52.7 Å². The second-order valence-corrected chi connectivity index (χ2v) is 10.1. The van der Waals surface area contributed by atoms with Gasteiger partial charge in [-0.15, -0.1) is 4.31 Å². The maximum absolute atomic E-state index is 13.1. The van der Waals surface area contributed by atoms with Crippen molar-refractivity contribution in [1.29, 1.82) is 0 Å². The first-order valence-corrected chi connectivity index (χ1v) is 12.9. The number of nitrogens with zero attached hydrogens (tertiary/aromatic N) is 3. The number of rotatable bonds is 9. The molecule has 2 aromatic rings. The lowest BCUT2D eigenvalue weighted by atomic mass is 9.95. The quantitative estimate of drug-likeness (QED) is 0.422. The Labute approximate surface area is 205 Å². The fraction of sp³-hybridized carbons (Fsp3) is 0.462. The summed E-state index contributed by atoms with van der Waals surface area (Å²) in [7, 11) is 5.53. The Balaban J connectivity index is 2.11. The molecule has 0 aliphatic carbocycles. The normalized spacial score (nSPS) is 16.1. The molecule has 2 N–H and O–H groups in total. The summed E-state index contributed by atoms with van der Waals surface area (Å²) in [5, 5.41) is 12.5. The smallest absolute Gasteiger partial charge is 0.269 e. The molecule has 8 heteroatoms. The number of carbonyl (C=O) groups excluding carboxylic acids is 1. The maximum Gasteiger partial charge on any atom is 0.269 e. The number of carbonyl (C=O) groups is 1. The van der Waals surface area contributed by atoms with Gasteiger partial charge in [-0.2, -0.15) is 0 Å². The van der Waals surface area contributed by atoms with E-state index >= 15 is 0 Å². The summed E-state index contributed by atoms with van der Waals surface area (Å²) in [6.07, 6.45) is 2.28. The molecule has 1 aromatic heterocycles. The van der Waals surface area contributed by atoms with Crippen LogP contribution in [0.4, 0.5) is 0 Å². The lowest BCUT2D eigenvalue weighted by Crippen LogP contribution is -2.32. The van der Waals surface area contributed by atoms with Crippen LogP contribution in [-0.2, 0) is 17.9 Å². The number of fused-ring (bicyclic) bond motifs is 1. The Morgan fingerprint density at radius 3 is 2.85 bits per heavy atom. The molecule has 0 fully saturated rings. The van der Waals surface area contributed by atoms with Crippen LogP contribution in [0.3, 0.4) is 0 Å². The van der Waals surface area contributed by atoms with E-state index in [-0.39, 0.29) is 18.6 Å². The van der Waals surface area contributed by atoms with Crippen molar-refractivity contribution < 1.29 is 14.5 Å². The SMILES string of the molecule is CCCC[S+]([O-])N1Cc2cc(C(=O)NC)nc(-c3cccc(C#CCN(C)C)c3)c2[C@H]1CCO. The zero-order valence-corrected chi connectivity index (χ0v) is 21.2. The van der Waals surface area contributed by atoms with Crippen molar-refractivity contribution in [2.24, 2.45) is 0 Å². The van der Waals surface area contributed by atoms with Crippen LogP contribution in [0.15, 0.2) is 30.3 Å². The van der Waals surface area contributed by atoms with Crippen LogP contribution in [0.5, 0.6) is 0 Å². The number of nitrogens with one attached hydrogen (secondary N) is 1. The molecular weight excluding hydrogens is 448 g/mol. The van der Waals surface area contributed by atoms with E-state index in [0.29, 0.717) is 36.7 Å². The van der Waals surface area contributed by atoms with E-state index in [2.05, 4.69) is 24.1 Å². The third kappa shape index (κ3) is 6.17. The van der Waals surface area contributed by atoms with E-state index in [0.717, 1.165) is 35.1 Å². The minimum atomic E-state index is -1.18. The van der Waals surface area contributed by atoms with Gasteiger partial charge >= 0.3 is 0 Å². The van der Waals surface area contributed by atoms with Crippen LogP contribution in [-0.4, -0.2) is 69.8 Å². The number of aliphatic hydroxyl groups excluding tert-OH is 1. The maximum atomic E-state index is 13.1. The number of benzene rings is 1. The zero-order valence-electron chi connectivity index (χ0n) is 20.4. The highest BCUT2D eigenvalue weighted by Gasteiger charge is 2.40. The first kappa shape index (κ1) is 26.2. The second kappa shape index (κ2) is 12.3. The first-order valence-electron chi connectivity index (χ1n) is 11.7. The van der Waals surface area contributed by atoms with Crippen molar-refractivity contribution in [3.8, 4) is 23.1 Å². The summed E-state index contributed by atoms with van der Waals surface area (Å²) in [4.78, 5) is 19.3. The van der Waals surface area contributed by atoms with Crippen molar-refractivity contribution in [3.63, 3.8) is 0 Å². The molecule has 1 aliphatic rings. The van der Waals surface area contributed by atoms with Crippen LogP contribution in [0.25, 0.3) is 11.3 Å². The third-order valence-corrected chi connectivity index (χ3v) is 7.26. The van der Waals surface area contributed by atoms with Gasteiger partial charge in [-0.3, -0.25) is 9.69 Å². The number of hydrogen-bond donors (Lipinski definition) is 2. The van der Waals surface area contributed by atoms with E-state index in [9.17, 15) is 14.5 Å². The Bertz CT molecular complexity index is 1060. The predicted octanol–water partition coefficient (Wildman–Crippen LogP) is 2.72. The van der Waals surface area contributed by atoms with Gasteiger partial charge in [-0.25, -0.2) is 4.98 Å². The van der Waals surface area contributed by atoms with Crippen LogP contribution in [0.1, 0.15) is 59.4 Å². The summed E-state index contributed by atoms with van der Waals surface area (Å²) in [6, 6.07) is 9.38. The Morgan fingerprint density at radius 1 is 1.38 bits per heavy atom. The minimum absolute atomic E-state index is 0.0295. The van der Waals surface area contributed by atoms with Crippen molar-refractivity contribution in [1.82, 2.24) is 19.5 Å². The number of pyridine rings is 1. The van der Waals surface area contributed by atoms with Crippen molar-refractivity contribution in [2.75, 3.05) is 40.0 Å². The summed E-state index contributed by atoms with van der Waals surface area (Å²) in [5.74, 6) is 6.65. The molecule has 34 heavy (non-hydrogen) atoms. The van der Waals surface area contributed by atoms with E-state index in [4.69, 9.17) is 4.98 Å². The zero-order chi connectivity index (χ0) is 24.7. The molecular formula is C26H34N4O3S. The minimum Gasteiger partial charge on any atom is -0.598 e. The lowest BCUT2D eigenvalue weighted by molar-refractivity contribution is 0.0958. The summed E-state index contributed by atoms with van der Waals surface area (Å²) in [6.45, 7) is 3.16. The van der Waals surface area contributed by atoms with Gasteiger partial charge in [0.15, 0.2) is 0 Å². The van der Waals surface area contributed by atoms with E-state index in [1.165, 1.54) is 0 Å². The monoisotopic (exact) mass is 482 g/mol. The van der Waals surface area contributed by atoms with Gasteiger partial charge < -0.3 is 15.0 Å². The highest BCUT2D eigenvalue weighted by atomic mass is 32.2. The van der Waals surface area contributed by atoms with Gasteiger partial charge in [0.25, 0.3) is 5.91 Å². The Hall–Kier alpha value is -2.41. The molecule has 3 rings (SSSR count). The molecule has 7 nitrogen and oxygen atoms in total. The standard InChI is InChI=1S/C26H34N4O3S/c1-5-6-15-34(33)30-18-21-17-22(26(32)27-2)28-25(24(21)23(30)12-14-31)20-11-7-9-19(16-20)10-8-13-29(3)4/h7,9,11,16-17,23,31H,5-6,12-15,18H2,1-4H3,(H,27,32)/t23-,34?/m1/s1. The molecule has 0 radical (unpaired) electrons. The molecule has 1 aliphatic heterocycles. The highest BCUT2D eigenvalue weighted by Crippen LogP contribution is 2.43. The highest BCUT2D eigenvalue weighted by molar-refractivity contribution is 7.89. The largest absolute Gasteiger partial charge is 0.598 e. The van der Waals surface area contributed by atoms with Crippen LogP contribution < -0.4 is 5.32 Å². The Kier molecular flexibility index (Phi) is 9.51. The van der Waals surface area contributed by atoms with E-state index in [1.54, 1.807) is 13.1 Å². The van der Waals surface area contributed by atoms with Crippen LogP contribution in [0.2, 0.25) is 0 Å². The number of amides is 1. The summed E-state index contributed by atoms with van der Waals surface area (Å²) < 4.78 is 15.1. The molecule has 0 saturated heterocycles. The van der Waals surface area contributed by atoms with Gasteiger partial charge in [0.2, 0.25) is 0 Å². The lowest BCUT2D eigenvalue weighted by Gasteiger charge is -2.26. The number of unbranched alkanes of at least 4 members (excludes halogenated alkanes) is 1. The number of aliphatic hydroxyl groups is 1. The van der Waals surface area contributed by atoms with E-state index < -0.39 is 11.4 Å². The Morgan fingerprint density at radius 2 is 2.18 bits per heavy atom. The molecule has 182 valence electrons. The second-order valence-electron chi connectivity index (χ2n) is 8.61. The number of hydrogen-bond acceptors (Lipinski definition) is 6. The molecule has 2 heterocycles. The molecule has 1 amide bonds. The van der Waals surface area contributed by atoms with Gasteiger partial charge in [0, 0.05) is 41.7 Å². The van der Waals surface area contributed by atoms with Gasteiger partial charge in [0.05, 0.1) is 24.8 Å². The van der Waals surface area contributed by atoms with Gasteiger partial charge in [-0.05, 0) is 50.7 Å². The summed E-state index contributed by atoms with van der Waals surface area (Å²) in [5.41, 5.74) is 4.58. The molecule has 0 spiro atoms. The third-order valence-electron chi connectivity index (χ3n) is 5.71. The molecule has 0 bridgehead atoms. The van der Waals surface area contributed by atoms with E-state index in [1.807, 2.05) is 47.6 Å². The average molecular weight is 483 g/mol. The van der Waals surface area contributed by atoms with Gasteiger partial charge in [-0.1, -0.05) is 37.3 Å². The average Bonchev–Trinajstić information content (AvgIpc) is 3.20. The first-order chi connectivity index (χ1) is 16.4. The molecule has 1 aromatic carbocycles. The van der Waals surface area contributed by atoms with Crippen LogP contribution in [0, 0.1) is 11.8 Å².